The second-order valence-electron chi connectivity index (χ2n) is 5.09. The van der Waals surface area contributed by atoms with Gasteiger partial charge in [-0.05, 0) is 32.8 Å². The molecular weight excluding hydrogens is 266 g/mol. The van der Waals surface area contributed by atoms with Crippen LogP contribution in [0.25, 0.3) is 0 Å². The molecule has 1 heterocycles. The quantitative estimate of drug-likeness (QED) is 0.772. The molecule has 118 valence electrons. The lowest BCUT2D eigenvalue weighted by molar-refractivity contribution is 0.0623. The number of nitrogens with zero attached hydrogens (tertiary/aromatic N) is 2. The summed E-state index contributed by atoms with van der Waals surface area (Å²) in [6.07, 6.45) is 3.37. The van der Waals surface area contributed by atoms with Gasteiger partial charge in [-0.2, -0.15) is 0 Å². The minimum absolute atomic E-state index is 0.0297. The Kier molecular flexibility index (Phi) is 7.15. The van der Waals surface area contributed by atoms with Gasteiger partial charge in [-0.3, -0.25) is 9.78 Å². The van der Waals surface area contributed by atoms with Gasteiger partial charge in [-0.15, -0.1) is 0 Å². The maximum absolute atomic E-state index is 12.8. The third kappa shape index (κ3) is 4.43. The van der Waals surface area contributed by atoms with Crippen LogP contribution in [0.1, 0.15) is 49.7 Å². The van der Waals surface area contributed by atoms with Crippen molar-refractivity contribution in [1.82, 2.24) is 9.88 Å². The maximum Gasteiger partial charge on any atom is 0.257 e. The molecule has 0 unspecified atom stereocenters. The van der Waals surface area contributed by atoms with Gasteiger partial charge in [0.25, 0.3) is 5.91 Å². The van der Waals surface area contributed by atoms with Gasteiger partial charge in [0, 0.05) is 31.0 Å². The fourth-order valence-corrected chi connectivity index (χ4v) is 2.51. The van der Waals surface area contributed by atoms with Gasteiger partial charge in [0.2, 0.25) is 0 Å². The van der Waals surface area contributed by atoms with Crippen LogP contribution >= 0.6 is 0 Å². The number of aromatic nitrogens is 1. The summed E-state index contributed by atoms with van der Waals surface area (Å²) in [6, 6.07) is 2.03. The van der Waals surface area contributed by atoms with Crippen LogP contribution in [0.4, 0.5) is 5.69 Å². The smallest absolute Gasteiger partial charge is 0.257 e. The minimum atomic E-state index is -0.0683. The Hall–Kier alpha value is -1.62. The highest BCUT2D eigenvalue weighted by Gasteiger charge is 2.24. The monoisotopic (exact) mass is 293 g/mol. The van der Waals surface area contributed by atoms with Crippen molar-refractivity contribution >= 4 is 11.6 Å². The van der Waals surface area contributed by atoms with Crippen molar-refractivity contribution in [2.24, 2.45) is 0 Å². The highest BCUT2D eigenvalue weighted by molar-refractivity contribution is 5.99. The number of aliphatic hydroxyl groups is 1. The number of aliphatic hydroxyl groups excluding tert-OH is 1. The van der Waals surface area contributed by atoms with Crippen LogP contribution in [0.5, 0.6) is 0 Å². The topological polar surface area (TPSA) is 65.5 Å². The van der Waals surface area contributed by atoms with Gasteiger partial charge in [0.05, 0.1) is 17.9 Å². The number of nitrogens with one attached hydrogen (secondary N) is 1. The van der Waals surface area contributed by atoms with E-state index in [4.69, 9.17) is 0 Å². The molecular formula is C16H27N3O2. The molecule has 1 aromatic rings. The normalized spacial score (nSPS) is 10.8. The number of hydrogen-bond donors (Lipinski definition) is 2. The van der Waals surface area contributed by atoms with Crippen molar-refractivity contribution in [1.29, 1.82) is 0 Å². The Morgan fingerprint density at radius 2 is 2.05 bits per heavy atom. The third-order valence-corrected chi connectivity index (χ3v) is 3.62. The van der Waals surface area contributed by atoms with Crippen molar-refractivity contribution < 1.29 is 9.90 Å². The Morgan fingerprint density at radius 1 is 1.38 bits per heavy atom. The fourth-order valence-electron chi connectivity index (χ4n) is 2.51. The number of anilines is 1. The first-order valence-electron chi connectivity index (χ1n) is 7.71. The molecule has 0 atom stereocenters. The number of rotatable bonds is 8. The van der Waals surface area contributed by atoms with E-state index >= 15 is 0 Å². The first-order valence-corrected chi connectivity index (χ1v) is 7.71. The third-order valence-electron chi connectivity index (χ3n) is 3.62. The Labute approximate surface area is 127 Å². The van der Waals surface area contributed by atoms with E-state index in [2.05, 4.69) is 24.1 Å². The summed E-state index contributed by atoms with van der Waals surface area (Å²) in [5.74, 6) is -0.0683. The molecule has 0 saturated carbocycles. The summed E-state index contributed by atoms with van der Waals surface area (Å²) < 4.78 is 0. The van der Waals surface area contributed by atoms with Gasteiger partial charge < -0.3 is 15.3 Å². The van der Waals surface area contributed by atoms with Gasteiger partial charge in [0.1, 0.15) is 0 Å². The van der Waals surface area contributed by atoms with E-state index in [1.807, 2.05) is 19.9 Å². The molecule has 5 heteroatoms. The van der Waals surface area contributed by atoms with E-state index < -0.39 is 0 Å². The number of amides is 1. The maximum atomic E-state index is 12.8. The largest absolute Gasteiger partial charge is 0.395 e. The first kappa shape index (κ1) is 17.4. The minimum Gasteiger partial charge on any atom is -0.395 e. The van der Waals surface area contributed by atoms with Crippen LogP contribution < -0.4 is 5.32 Å². The van der Waals surface area contributed by atoms with Crippen LogP contribution in [0.2, 0.25) is 0 Å². The van der Waals surface area contributed by atoms with Gasteiger partial charge in [0.15, 0.2) is 0 Å². The molecule has 21 heavy (non-hydrogen) atoms. The van der Waals surface area contributed by atoms with Crippen LogP contribution in [0.3, 0.4) is 0 Å². The van der Waals surface area contributed by atoms with Crippen LogP contribution in [0, 0.1) is 6.92 Å². The van der Waals surface area contributed by atoms with E-state index in [1.165, 1.54) is 0 Å². The molecule has 0 radical (unpaired) electrons. The van der Waals surface area contributed by atoms with Crippen molar-refractivity contribution in [3.8, 4) is 0 Å². The van der Waals surface area contributed by atoms with Crippen LogP contribution in [0.15, 0.2) is 12.3 Å². The number of carbonyl (C=O) groups is 1. The average molecular weight is 293 g/mol. The second kappa shape index (κ2) is 8.62. The lowest BCUT2D eigenvalue weighted by Crippen LogP contribution is -2.42. The summed E-state index contributed by atoms with van der Waals surface area (Å²) >= 11 is 0. The molecule has 2 N–H and O–H groups in total. The van der Waals surface area contributed by atoms with Gasteiger partial charge in [-0.25, -0.2) is 0 Å². The molecule has 0 aliphatic carbocycles. The zero-order chi connectivity index (χ0) is 15.8. The molecule has 1 aromatic heterocycles. The standard InChI is InChI=1S/C16H27N3O2/c1-5-13(6-2)19(8-9-20)16(21)14-11-18-12(4)10-15(14)17-7-3/h10-11,13,20H,5-9H2,1-4H3,(H,17,18). The molecule has 0 aliphatic heterocycles. The lowest BCUT2D eigenvalue weighted by atomic mass is 10.1. The molecule has 0 aromatic carbocycles. The molecule has 1 rings (SSSR count). The number of hydrogen-bond acceptors (Lipinski definition) is 4. The Bertz CT molecular complexity index is 459. The second-order valence-corrected chi connectivity index (χ2v) is 5.09. The lowest BCUT2D eigenvalue weighted by Gasteiger charge is -2.30. The van der Waals surface area contributed by atoms with Crippen LogP contribution in [-0.4, -0.2) is 46.6 Å². The number of carbonyl (C=O) groups excluding carboxylic acids is 1. The van der Waals surface area contributed by atoms with Crippen molar-refractivity contribution in [3.05, 3.63) is 23.5 Å². The van der Waals surface area contributed by atoms with Gasteiger partial charge >= 0.3 is 0 Å². The van der Waals surface area contributed by atoms with E-state index in [1.54, 1.807) is 11.1 Å². The van der Waals surface area contributed by atoms with Crippen molar-refractivity contribution in [2.45, 2.75) is 46.6 Å². The molecule has 1 amide bonds. The van der Waals surface area contributed by atoms with Crippen molar-refractivity contribution in [3.63, 3.8) is 0 Å². The Morgan fingerprint density at radius 3 is 2.57 bits per heavy atom. The fraction of sp³-hybridized carbons (Fsp3) is 0.625. The summed E-state index contributed by atoms with van der Waals surface area (Å²) in [7, 11) is 0. The van der Waals surface area contributed by atoms with E-state index in [-0.39, 0.29) is 18.6 Å². The molecule has 0 fully saturated rings. The molecule has 0 bridgehead atoms. The van der Waals surface area contributed by atoms with E-state index in [9.17, 15) is 9.90 Å². The zero-order valence-corrected chi connectivity index (χ0v) is 13.5. The predicted octanol–water partition coefficient (Wildman–Crippen LogP) is 2.44. The van der Waals surface area contributed by atoms with Gasteiger partial charge in [-0.1, -0.05) is 13.8 Å². The Balaban J connectivity index is 3.13. The summed E-state index contributed by atoms with van der Waals surface area (Å²) in [6.45, 7) is 9.09. The van der Waals surface area contributed by atoms with E-state index in [0.29, 0.717) is 12.1 Å². The predicted molar refractivity (Wildman–Crippen MR) is 85.6 cm³/mol. The van der Waals surface area contributed by atoms with Crippen LogP contribution in [-0.2, 0) is 0 Å². The number of pyridine rings is 1. The SMILES string of the molecule is CCNc1cc(C)ncc1C(=O)N(CCO)C(CC)CC. The average Bonchev–Trinajstić information content (AvgIpc) is 2.47. The first-order chi connectivity index (χ1) is 10.1. The molecule has 0 saturated heterocycles. The van der Waals surface area contributed by atoms with E-state index in [0.717, 1.165) is 30.8 Å². The highest BCUT2D eigenvalue weighted by atomic mass is 16.3. The van der Waals surface area contributed by atoms with Crippen molar-refractivity contribution in [2.75, 3.05) is 25.0 Å². The number of aryl methyl sites for hydroxylation is 1. The zero-order valence-electron chi connectivity index (χ0n) is 13.5. The highest BCUT2D eigenvalue weighted by Crippen LogP contribution is 2.20. The molecule has 0 aliphatic rings. The summed E-state index contributed by atoms with van der Waals surface area (Å²) in [4.78, 5) is 18.8. The molecule has 5 nitrogen and oxygen atoms in total. The summed E-state index contributed by atoms with van der Waals surface area (Å²) in [5, 5.41) is 12.5. The molecule has 0 spiro atoms. The summed E-state index contributed by atoms with van der Waals surface area (Å²) in [5.41, 5.74) is 2.26.